The van der Waals surface area contributed by atoms with E-state index in [-0.39, 0.29) is 12.1 Å². The molecule has 110 valence electrons. The largest absolute Gasteiger partial charge is 0.406 e. The van der Waals surface area contributed by atoms with Gasteiger partial charge in [0.2, 0.25) is 5.89 Å². The molecular weight excluding hydrogens is 282 g/mol. The highest BCUT2D eigenvalue weighted by Gasteiger charge is 2.24. The van der Waals surface area contributed by atoms with Gasteiger partial charge < -0.3 is 9.73 Å². The maximum Gasteiger partial charge on any atom is 0.322 e. The molecule has 1 aliphatic heterocycles. The summed E-state index contributed by atoms with van der Waals surface area (Å²) in [4.78, 5) is 11.9. The lowest BCUT2D eigenvalue weighted by Crippen LogP contribution is -2.16. The van der Waals surface area contributed by atoms with E-state index in [1.807, 2.05) is 0 Å². The second-order valence-electron chi connectivity index (χ2n) is 4.65. The Morgan fingerprint density at radius 1 is 1.33 bits per heavy atom. The van der Waals surface area contributed by atoms with Crippen molar-refractivity contribution < 1.29 is 18.0 Å². The highest BCUT2D eigenvalue weighted by atomic mass is 19.1. The minimum atomic E-state index is -0.972. The van der Waals surface area contributed by atoms with E-state index < -0.39 is 23.1 Å². The predicted octanol–water partition coefficient (Wildman–Crippen LogP) is 2.02. The number of rotatable bonds is 3. The first-order valence-electron chi connectivity index (χ1n) is 6.47. The molecule has 6 nitrogen and oxygen atoms in total. The van der Waals surface area contributed by atoms with Crippen LogP contribution in [0.15, 0.2) is 22.6 Å². The summed E-state index contributed by atoms with van der Waals surface area (Å²) in [6.07, 6.45) is 1.85. The van der Waals surface area contributed by atoms with Gasteiger partial charge in [0.15, 0.2) is 0 Å². The normalized spacial score (nSPS) is 17.9. The Hall–Kier alpha value is -2.35. The van der Waals surface area contributed by atoms with Gasteiger partial charge in [0, 0.05) is 0 Å². The van der Waals surface area contributed by atoms with Crippen LogP contribution in [0.5, 0.6) is 0 Å². The van der Waals surface area contributed by atoms with Crippen molar-refractivity contribution in [3.8, 4) is 0 Å². The molecule has 0 aliphatic carbocycles. The summed E-state index contributed by atoms with van der Waals surface area (Å²) in [5.41, 5.74) is -0.684. The Balaban J connectivity index is 1.76. The number of nitrogens with zero attached hydrogens (tertiary/aromatic N) is 2. The van der Waals surface area contributed by atoms with E-state index in [9.17, 15) is 13.6 Å². The topological polar surface area (TPSA) is 80.0 Å². The Morgan fingerprint density at radius 2 is 2.10 bits per heavy atom. The van der Waals surface area contributed by atoms with Crippen LogP contribution in [0.25, 0.3) is 0 Å². The summed E-state index contributed by atoms with van der Waals surface area (Å²) in [5.74, 6) is -2.54. The molecule has 0 bridgehead atoms. The zero-order chi connectivity index (χ0) is 14.8. The first-order valence-corrected chi connectivity index (χ1v) is 6.47. The smallest absolute Gasteiger partial charge is 0.322 e. The van der Waals surface area contributed by atoms with Gasteiger partial charge in [-0.15, -0.1) is 5.10 Å². The zero-order valence-corrected chi connectivity index (χ0v) is 10.9. The van der Waals surface area contributed by atoms with Crippen LogP contribution in [0.1, 0.15) is 35.1 Å². The van der Waals surface area contributed by atoms with Crippen molar-refractivity contribution in [1.29, 1.82) is 0 Å². The Bertz CT molecular complexity index is 648. The maximum absolute atomic E-state index is 13.5. The fraction of sp³-hybridized carbons (Fsp3) is 0.308. The summed E-state index contributed by atoms with van der Waals surface area (Å²) < 4.78 is 32.2. The van der Waals surface area contributed by atoms with Crippen molar-refractivity contribution in [1.82, 2.24) is 15.5 Å². The Morgan fingerprint density at radius 3 is 2.76 bits per heavy atom. The quantitative estimate of drug-likeness (QED) is 0.905. The number of nitrogens with one attached hydrogen (secondary N) is 2. The number of anilines is 1. The number of hydrogen-bond acceptors (Lipinski definition) is 5. The van der Waals surface area contributed by atoms with E-state index >= 15 is 0 Å². The zero-order valence-electron chi connectivity index (χ0n) is 10.9. The van der Waals surface area contributed by atoms with Gasteiger partial charge in [-0.1, -0.05) is 11.2 Å². The lowest BCUT2D eigenvalue weighted by Gasteiger charge is -2.04. The van der Waals surface area contributed by atoms with E-state index in [1.54, 1.807) is 0 Å². The molecule has 1 amide bonds. The monoisotopic (exact) mass is 294 g/mol. The average molecular weight is 294 g/mol. The Kier molecular flexibility index (Phi) is 3.61. The standard InChI is InChI=1S/C13H12F2N4O2/c14-7-3-1-4-8(15)10(7)11(20)17-13-19-18-12(21-13)9-5-2-6-16-9/h1,3-4,9,16H,2,5-6H2,(H,17,19,20). The van der Waals surface area contributed by atoms with Crippen molar-refractivity contribution in [2.24, 2.45) is 0 Å². The van der Waals surface area contributed by atoms with Crippen LogP contribution < -0.4 is 10.6 Å². The molecule has 0 saturated carbocycles. The van der Waals surface area contributed by atoms with Gasteiger partial charge in [-0.3, -0.25) is 10.1 Å². The van der Waals surface area contributed by atoms with Gasteiger partial charge in [-0.25, -0.2) is 8.78 Å². The highest BCUT2D eigenvalue weighted by Crippen LogP contribution is 2.23. The third-order valence-electron chi connectivity index (χ3n) is 3.21. The van der Waals surface area contributed by atoms with Gasteiger partial charge in [-0.05, 0) is 31.5 Å². The summed E-state index contributed by atoms with van der Waals surface area (Å²) in [6, 6.07) is 2.94. The lowest BCUT2D eigenvalue weighted by molar-refractivity contribution is 0.101. The molecule has 1 atom stereocenters. The van der Waals surface area contributed by atoms with Crippen molar-refractivity contribution in [2.75, 3.05) is 11.9 Å². The van der Waals surface area contributed by atoms with Crippen LogP contribution in [-0.2, 0) is 0 Å². The third-order valence-corrected chi connectivity index (χ3v) is 3.21. The molecule has 1 saturated heterocycles. The van der Waals surface area contributed by atoms with Crippen molar-refractivity contribution in [2.45, 2.75) is 18.9 Å². The molecule has 3 rings (SSSR count). The molecule has 2 N–H and O–H groups in total. The van der Waals surface area contributed by atoms with Crippen molar-refractivity contribution in [3.63, 3.8) is 0 Å². The summed E-state index contributed by atoms with van der Waals surface area (Å²) in [7, 11) is 0. The SMILES string of the molecule is O=C(Nc1nnc(C2CCCN2)o1)c1c(F)cccc1F. The highest BCUT2D eigenvalue weighted by molar-refractivity contribution is 6.03. The number of halogens is 2. The van der Waals surface area contributed by atoms with E-state index in [0.717, 1.165) is 31.5 Å². The predicted molar refractivity (Wildman–Crippen MR) is 68.6 cm³/mol. The van der Waals surface area contributed by atoms with Crippen LogP contribution >= 0.6 is 0 Å². The van der Waals surface area contributed by atoms with E-state index in [4.69, 9.17) is 4.42 Å². The van der Waals surface area contributed by atoms with E-state index in [0.29, 0.717) is 5.89 Å². The van der Waals surface area contributed by atoms with Crippen LogP contribution in [0, 0.1) is 11.6 Å². The van der Waals surface area contributed by atoms with Gasteiger partial charge in [-0.2, -0.15) is 0 Å². The molecule has 0 spiro atoms. The second-order valence-corrected chi connectivity index (χ2v) is 4.65. The molecule has 21 heavy (non-hydrogen) atoms. The second kappa shape index (κ2) is 5.57. The fourth-order valence-corrected chi connectivity index (χ4v) is 2.20. The maximum atomic E-state index is 13.5. The van der Waals surface area contributed by atoms with Gasteiger partial charge >= 0.3 is 6.01 Å². The first kappa shape index (κ1) is 13.6. The minimum absolute atomic E-state index is 0.0478. The number of amides is 1. The molecule has 0 radical (unpaired) electrons. The molecule has 1 aliphatic rings. The molecular formula is C13H12F2N4O2. The Labute approximate surface area is 118 Å². The lowest BCUT2D eigenvalue weighted by atomic mass is 10.2. The number of aromatic nitrogens is 2. The number of carbonyl (C=O) groups is 1. The number of hydrogen-bond donors (Lipinski definition) is 2. The molecule has 1 aromatic heterocycles. The molecule has 8 heteroatoms. The summed E-state index contributed by atoms with van der Waals surface area (Å²) >= 11 is 0. The van der Waals surface area contributed by atoms with Crippen LogP contribution in [0.2, 0.25) is 0 Å². The van der Waals surface area contributed by atoms with Crippen molar-refractivity contribution in [3.05, 3.63) is 41.3 Å². The minimum Gasteiger partial charge on any atom is -0.406 e. The van der Waals surface area contributed by atoms with E-state index in [1.165, 1.54) is 6.07 Å². The van der Waals surface area contributed by atoms with Crippen LogP contribution in [0.3, 0.4) is 0 Å². The van der Waals surface area contributed by atoms with Crippen molar-refractivity contribution >= 4 is 11.9 Å². The average Bonchev–Trinajstić information content (AvgIpc) is 3.08. The van der Waals surface area contributed by atoms with E-state index in [2.05, 4.69) is 20.8 Å². The van der Waals surface area contributed by atoms with Gasteiger partial charge in [0.25, 0.3) is 5.91 Å². The number of carbonyl (C=O) groups excluding carboxylic acids is 1. The molecule has 1 aromatic carbocycles. The fourth-order valence-electron chi connectivity index (χ4n) is 2.20. The third kappa shape index (κ3) is 2.75. The number of benzene rings is 1. The molecule has 1 fully saturated rings. The molecule has 2 aromatic rings. The van der Waals surface area contributed by atoms with Gasteiger partial charge in [0.05, 0.1) is 6.04 Å². The van der Waals surface area contributed by atoms with Crippen LogP contribution in [0.4, 0.5) is 14.8 Å². The van der Waals surface area contributed by atoms with Gasteiger partial charge in [0.1, 0.15) is 17.2 Å². The molecule has 2 heterocycles. The summed E-state index contributed by atoms with van der Waals surface area (Å²) in [5, 5.41) is 12.8. The van der Waals surface area contributed by atoms with Crippen LogP contribution in [-0.4, -0.2) is 22.6 Å². The molecule has 1 unspecified atom stereocenters. The summed E-state index contributed by atoms with van der Waals surface area (Å²) in [6.45, 7) is 0.856. The first-order chi connectivity index (χ1) is 10.1.